The highest BCUT2D eigenvalue weighted by atomic mass is 19.1. The maximum absolute atomic E-state index is 14.1. The van der Waals surface area contributed by atoms with E-state index in [0.717, 1.165) is 21.7 Å². The van der Waals surface area contributed by atoms with Gasteiger partial charge >= 0.3 is 0 Å². The number of allylic oxidation sites excluding steroid dienone is 3. The third kappa shape index (κ3) is 3.08. The monoisotopic (exact) mass is 367 g/mol. The minimum absolute atomic E-state index is 0.0416. The molecule has 0 bridgehead atoms. The topological polar surface area (TPSA) is 33.1 Å². The molecule has 0 aliphatic rings. The smallest absolute Gasteiger partial charge is 0.131 e. The summed E-state index contributed by atoms with van der Waals surface area (Å²) in [5.41, 5.74) is 2.73. The molecule has 0 radical (unpaired) electrons. The summed E-state index contributed by atoms with van der Waals surface area (Å²) < 4.78 is 14.1. The number of aliphatic hydroxyl groups is 1. The first-order chi connectivity index (χ1) is 13.6. The third-order valence-electron chi connectivity index (χ3n) is 4.77. The van der Waals surface area contributed by atoms with Crippen LogP contribution in [0.1, 0.15) is 11.3 Å². The van der Waals surface area contributed by atoms with Crippen molar-refractivity contribution in [2.24, 2.45) is 0 Å². The zero-order valence-corrected chi connectivity index (χ0v) is 15.2. The van der Waals surface area contributed by atoms with Crippen molar-refractivity contribution >= 4 is 32.7 Å². The van der Waals surface area contributed by atoms with Gasteiger partial charge in [0.15, 0.2) is 0 Å². The summed E-state index contributed by atoms with van der Waals surface area (Å²) in [6.45, 7) is 7.83. The largest absolute Gasteiger partial charge is 0.508 e. The predicted molar refractivity (Wildman–Crippen MR) is 114 cm³/mol. The molecule has 0 amide bonds. The average Bonchev–Trinajstić information content (AvgIpc) is 2.72. The van der Waals surface area contributed by atoms with Crippen molar-refractivity contribution in [2.75, 3.05) is 0 Å². The van der Waals surface area contributed by atoms with E-state index in [1.807, 2.05) is 48.5 Å². The number of rotatable bonds is 4. The zero-order valence-electron chi connectivity index (χ0n) is 15.2. The van der Waals surface area contributed by atoms with Crippen molar-refractivity contribution in [3.05, 3.63) is 115 Å². The molecule has 4 rings (SSSR count). The van der Waals surface area contributed by atoms with Crippen LogP contribution < -0.4 is 0 Å². The zero-order chi connectivity index (χ0) is 19.7. The fourth-order valence-corrected chi connectivity index (χ4v) is 3.43. The van der Waals surface area contributed by atoms with Crippen LogP contribution in [0.15, 0.2) is 97.9 Å². The average molecular weight is 367 g/mol. The van der Waals surface area contributed by atoms with Crippen LogP contribution in [0, 0.1) is 5.82 Å². The van der Waals surface area contributed by atoms with Gasteiger partial charge in [0.2, 0.25) is 0 Å². The Morgan fingerprint density at radius 2 is 1.54 bits per heavy atom. The van der Waals surface area contributed by atoms with Crippen molar-refractivity contribution < 1.29 is 9.50 Å². The van der Waals surface area contributed by atoms with Gasteiger partial charge in [0.25, 0.3) is 0 Å². The van der Waals surface area contributed by atoms with Gasteiger partial charge in [0.1, 0.15) is 11.6 Å². The van der Waals surface area contributed by atoms with E-state index >= 15 is 0 Å². The van der Waals surface area contributed by atoms with Crippen molar-refractivity contribution in [2.45, 2.75) is 0 Å². The Hall–Kier alpha value is -3.72. The Morgan fingerprint density at radius 1 is 0.821 bits per heavy atom. The van der Waals surface area contributed by atoms with Gasteiger partial charge in [-0.2, -0.15) is 0 Å². The van der Waals surface area contributed by atoms with Crippen molar-refractivity contribution in [1.29, 1.82) is 0 Å². The lowest BCUT2D eigenvalue weighted by Gasteiger charge is -2.11. The van der Waals surface area contributed by atoms with Gasteiger partial charge < -0.3 is 5.11 Å². The molecular weight excluding hydrogens is 349 g/mol. The van der Waals surface area contributed by atoms with Gasteiger partial charge in [-0.15, -0.1) is 0 Å². The number of fused-ring (bicyclic) bond motifs is 3. The fraction of sp³-hybridized carbons (Fsp3) is 0. The molecule has 3 aromatic carbocycles. The quantitative estimate of drug-likeness (QED) is 0.247. The van der Waals surface area contributed by atoms with Crippen LogP contribution >= 0.6 is 0 Å². The van der Waals surface area contributed by atoms with Gasteiger partial charge in [-0.3, -0.25) is 4.98 Å². The highest BCUT2D eigenvalue weighted by Gasteiger charge is 2.12. The second-order valence-electron chi connectivity index (χ2n) is 6.55. The lowest BCUT2D eigenvalue weighted by molar-refractivity contribution is 0.440. The minimum Gasteiger partial charge on any atom is -0.508 e. The number of aromatic nitrogens is 1. The van der Waals surface area contributed by atoms with E-state index in [9.17, 15) is 9.50 Å². The summed E-state index contributed by atoms with van der Waals surface area (Å²) in [4.78, 5) is 4.49. The maximum Gasteiger partial charge on any atom is 0.131 e. The normalized spacial score (nSPS) is 11.7. The van der Waals surface area contributed by atoms with Crippen LogP contribution in [0.3, 0.4) is 0 Å². The molecule has 1 aromatic heterocycles. The number of hydrogen-bond donors (Lipinski definition) is 1. The number of pyridine rings is 1. The second kappa shape index (κ2) is 7.12. The number of hydrogen-bond acceptors (Lipinski definition) is 2. The molecule has 0 saturated carbocycles. The Labute approximate surface area is 162 Å². The molecule has 1 heterocycles. The minimum atomic E-state index is -0.251. The predicted octanol–water partition coefficient (Wildman–Crippen LogP) is 6.70. The molecule has 2 nitrogen and oxygen atoms in total. The van der Waals surface area contributed by atoms with Crippen molar-refractivity contribution in [3.8, 4) is 0 Å². The van der Waals surface area contributed by atoms with Crippen LogP contribution in [0.4, 0.5) is 4.39 Å². The Kier molecular flexibility index (Phi) is 4.50. The molecule has 136 valence electrons. The summed E-state index contributed by atoms with van der Waals surface area (Å²) >= 11 is 0. The summed E-state index contributed by atoms with van der Waals surface area (Å²) in [5, 5.41) is 13.3. The van der Waals surface area contributed by atoms with Crippen molar-refractivity contribution in [1.82, 2.24) is 4.98 Å². The summed E-state index contributed by atoms with van der Waals surface area (Å²) in [6, 6.07) is 20.0. The molecule has 0 fully saturated rings. The van der Waals surface area contributed by atoms with Crippen LogP contribution in [0.2, 0.25) is 0 Å². The summed E-state index contributed by atoms with van der Waals surface area (Å²) in [6.07, 6.45) is 3.46. The first-order valence-corrected chi connectivity index (χ1v) is 8.87. The molecule has 28 heavy (non-hydrogen) atoms. The highest BCUT2D eigenvalue weighted by molar-refractivity contribution is 6.10. The summed E-state index contributed by atoms with van der Waals surface area (Å²) in [7, 11) is 0. The molecule has 0 aliphatic carbocycles. The molecule has 3 heteroatoms. The Balaban J connectivity index is 1.89. The fourth-order valence-electron chi connectivity index (χ4n) is 3.43. The van der Waals surface area contributed by atoms with Gasteiger partial charge in [0.05, 0.1) is 5.69 Å². The number of benzene rings is 3. The molecule has 0 saturated heterocycles. The first-order valence-electron chi connectivity index (χ1n) is 8.87. The van der Waals surface area contributed by atoms with Gasteiger partial charge in [-0.05, 0) is 40.1 Å². The van der Waals surface area contributed by atoms with E-state index in [2.05, 4.69) is 18.1 Å². The summed E-state index contributed by atoms with van der Waals surface area (Å²) in [5.74, 6) is -0.292. The van der Waals surface area contributed by atoms with E-state index in [-0.39, 0.29) is 11.6 Å². The third-order valence-corrected chi connectivity index (χ3v) is 4.77. The number of nitrogens with zero attached hydrogens (tertiary/aromatic N) is 1. The Morgan fingerprint density at radius 3 is 2.29 bits per heavy atom. The van der Waals surface area contributed by atoms with Gasteiger partial charge in [-0.25, -0.2) is 4.39 Å². The first kappa shape index (κ1) is 17.7. The molecular formula is C25H18FNO. The van der Waals surface area contributed by atoms with E-state index in [1.54, 1.807) is 24.4 Å². The molecule has 0 aliphatic heterocycles. The second-order valence-corrected chi connectivity index (χ2v) is 6.55. The van der Waals surface area contributed by atoms with E-state index < -0.39 is 0 Å². The van der Waals surface area contributed by atoms with E-state index in [1.165, 1.54) is 6.07 Å². The van der Waals surface area contributed by atoms with Crippen LogP contribution in [-0.4, -0.2) is 10.1 Å². The van der Waals surface area contributed by atoms with E-state index in [4.69, 9.17) is 0 Å². The van der Waals surface area contributed by atoms with Crippen LogP contribution in [-0.2, 0) is 0 Å². The number of aliphatic hydroxyl groups excluding tert-OH is 1. The molecule has 4 aromatic rings. The van der Waals surface area contributed by atoms with Gasteiger partial charge in [0, 0.05) is 22.5 Å². The van der Waals surface area contributed by atoms with Crippen LogP contribution in [0.25, 0.3) is 32.7 Å². The number of halogens is 1. The standard InChI is InChI=1S/C25H18FNO/c1-16(15-23(17(2)28)18-7-4-3-5-8-18)25-22-12-11-21-19(9-6-10-24(21)26)20(22)13-14-27-25/h3-15,28H,1-2H2/b23-15+. The van der Waals surface area contributed by atoms with E-state index in [0.29, 0.717) is 22.2 Å². The lowest BCUT2D eigenvalue weighted by Crippen LogP contribution is -1.93. The van der Waals surface area contributed by atoms with Crippen LogP contribution in [0.5, 0.6) is 0 Å². The lowest BCUT2D eigenvalue weighted by atomic mass is 9.96. The van der Waals surface area contributed by atoms with Gasteiger partial charge in [-0.1, -0.05) is 67.8 Å². The SMILES string of the molecule is C=C(O)/C(=C\C(=C)c1nccc2c1ccc1c(F)cccc12)c1ccccc1. The maximum atomic E-state index is 14.1. The highest BCUT2D eigenvalue weighted by Crippen LogP contribution is 2.32. The molecule has 0 atom stereocenters. The molecule has 0 unspecified atom stereocenters. The Bertz CT molecular complexity index is 1260. The molecule has 1 N–H and O–H groups in total. The molecule has 0 spiro atoms. The van der Waals surface area contributed by atoms with Crippen molar-refractivity contribution in [3.63, 3.8) is 0 Å².